The molecule has 1 unspecified atom stereocenters. The molecular weight excluding hydrogens is 190 g/mol. The van der Waals surface area contributed by atoms with Crippen molar-refractivity contribution in [1.82, 2.24) is 0 Å². The van der Waals surface area contributed by atoms with Crippen LogP contribution in [0.2, 0.25) is 0 Å². The van der Waals surface area contributed by atoms with Gasteiger partial charge in [-0.05, 0) is 12.3 Å². The van der Waals surface area contributed by atoms with E-state index in [4.69, 9.17) is 15.2 Å². The molecule has 0 fully saturated rings. The monoisotopic (exact) mass is 211 g/mol. The molecule has 0 spiro atoms. The lowest BCUT2D eigenvalue weighted by Gasteiger charge is -2.22. The van der Waals surface area contributed by atoms with Crippen LogP contribution in [0.5, 0.6) is 0 Å². The van der Waals surface area contributed by atoms with Crippen LogP contribution in [0, 0.1) is 5.92 Å². The van der Waals surface area contributed by atoms with Crippen molar-refractivity contribution in [3.63, 3.8) is 0 Å². The summed E-state index contributed by atoms with van der Waals surface area (Å²) in [7, 11) is 1.66. The Morgan fingerprint density at radius 3 is 2.87 bits per heavy atom. The number of rotatable bonds is 5. The van der Waals surface area contributed by atoms with Crippen molar-refractivity contribution in [1.29, 1.82) is 0 Å². The molecule has 1 aliphatic carbocycles. The molecule has 0 aromatic rings. The minimum Gasteiger partial charge on any atom is -0.498 e. The van der Waals surface area contributed by atoms with Crippen LogP contribution in [0.3, 0.4) is 0 Å². The predicted molar refractivity (Wildman–Crippen MR) is 61.2 cm³/mol. The Balaban J connectivity index is 2.40. The summed E-state index contributed by atoms with van der Waals surface area (Å²) in [5, 5.41) is 0. The van der Waals surface area contributed by atoms with Crippen LogP contribution in [0.1, 0.15) is 26.7 Å². The van der Waals surface area contributed by atoms with Crippen molar-refractivity contribution in [2.24, 2.45) is 11.7 Å². The SMILES string of the molecule is COC1=CC(N)=CCC1OCCC(C)C. The Bertz CT molecular complexity index is 256. The van der Waals surface area contributed by atoms with Crippen molar-refractivity contribution < 1.29 is 9.47 Å². The summed E-state index contributed by atoms with van der Waals surface area (Å²) in [6.45, 7) is 5.15. The predicted octanol–water partition coefficient (Wildman–Crippen LogP) is 2.19. The molecule has 0 radical (unpaired) electrons. The van der Waals surface area contributed by atoms with Crippen molar-refractivity contribution in [3.8, 4) is 0 Å². The van der Waals surface area contributed by atoms with Crippen LogP contribution in [0.15, 0.2) is 23.6 Å². The van der Waals surface area contributed by atoms with Crippen LogP contribution in [0.25, 0.3) is 0 Å². The fraction of sp³-hybridized carbons (Fsp3) is 0.667. The van der Waals surface area contributed by atoms with Crippen molar-refractivity contribution in [3.05, 3.63) is 23.6 Å². The maximum Gasteiger partial charge on any atom is 0.127 e. The molecule has 0 aromatic carbocycles. The number of hydrogen-bond acceptors (Lipinski definition) is 3. The summed E-state index contributed by atoms with van der Waals surface area (Å²) in [5.74, 6) is 1.50. The first-order valence-electron chi connectivity index (χ1n) is 5.46. The largest absolute Gasteiger partial charge is 0.498 e. The summed E-state index contributed by atoms with van der Waals surface area (Å²) < 4.78 is 11.0. The summed E-state index contributed by atoms with van der Waals surface area (Å²) in [6.07, 6.45) is 5.74. The lowest BCUT2D eigenvalue weighted by molar-refractivity contribution is 0.0344. The quantitative estimate of drug-likeness (QED) is 0.758. The first kappa shape index (κ1) is 12.1. The molecule has 2 N–H and O–H groups in total. The third-order valence-corrected chi connectivity index (χ3v) is 2.44. The van der Waals surface area contributed by atoms with Crippen molar-refractivity contribution in [2.75, 3.05) is 13.7 Å². The van der Waals surface area contributed by atoms with Gasteiger partial charge in [0.2, 0.25) is 0 Å². The van der Waals surface area contributed by atoms with Gasteiger partial charge in [0.1, 0.15) is 11.9 Å². The van der Waals surface area contributed by atoms with Crippen LogP contribution < -0.4 is 5.73 Å². The molecule has 0 aromatic heterocycles. The summed E-state index contributed by atoms with van der Waals surface area (Å²) in [6, 6.07) is 0. The smallest absolute Gasteiger partial charge is 0.127 e. The average Bonchev–Trinajstić information content (AvgIpc) is 2.19. The standard InChI is InChI=1S/C12H21NO2/c1-9(2)6-7-15-11-5-4-10(13)8-12(11)14-3/h4,8-9,11H,5-7,13H2,1-3H3. The van der Waals surface area contributed by atoms with Gasteiger partial charge >= 0.3 is 0 Å². The number of hydrogen-bond donors (Lipinski definition) is 1. The van der Waals surface area contributed by atoms with E-state index < -0.39 is 0 Å². The van der Waals surface area contributed by atoms with Gasteiger partial charge in [-0.3, -0.25) is 0 Å². The molecule has 0 bridgehead atoms. The molecule has 0 heterocycles. The Morgan fingerprint density at radius 2 is 2.27 bits per heavy atom. The van der Waals surface area contributed by atoms with E-state index in [2.05, 4.69) is 13.8 Å². The lowest BCUT2D eigenvalue weighted by Crippen LogP contribution is -2.21. The lowest BCUT2D eigenvalue weighted by atomic mass is 10.1. The minimum atomic E-state index is 0.0426. The van der Waals surface area contributed by atoms with Gasteiger partial charge < -0.3 is 15.2 Å². The third-order valence-electron chi connectivity index (χ3n) is 2.44. The van der Waals surface area contributed by atoms with Gasteiger partial charge in [0.25, 0.3) is 0 Å². The molecule has 3 nitrogen and oxygen atoms in total. The van der Waals surface area contributed by atoms with Crippen LogP contribution in [-0.2, 0) is 9.47 Å². The molecule has 0 saturated heterocycles. The maximum atomic E-state index is 5.75. The molecule has 0 amide bonds. The molecule has 1 aliphatic rings. The summed E-state index contributed by atoms with van der Waals surface area (Å²) in [4.78, 5) is 0. The van der Waals surface area contributed by atoms with Gasteiger partial charge in [-0.15, -0.1) is 0 Å². The molecule has 3 heteroatoms. The van der Waals surface area contributed by atoms with E-state index in [0.717, 1.165) is 30.9 Å². The second kappa shape index (κ2) is 5.81. The van der Waals surface area contributed by atoms with E-state index in [1.807, 2.05) is 12.2 Å². The summed E-state index contributed by atoms with van der Waals surface area (Å²) in [5.41, 5.74) is 6.45. The number of nitrogens with two attached hydrogens (primary N) is 1. The zero-order valence-corrected chi connectivity index (χ0v) is 9.82. The molecule has 1 atom stereocenters. The molecule has 1 rings (SSSR count). The first-order valence-corrected chi connectivity index (χ1v) is 5.46. The highest BCUT2D eigenvalue weighted by molar-refractivity contribution is 5.25. The van der Waals surface area contributed by atoms with E-state index in [1.54, 1.807) is 7.11 Å². The normalized spacial score (nSPS) is 21.2. The Hall–Kier alpha value is -0.960. The van der Waals surface area contributed by atoms with Gasteiger partial charge in [-0.2, -0.15) is 0 Å². The molecule has 0 aliphatic heterocycles. The minimum absolute atomic E-state index is 0.0426. The molecule has 86 valence electrons. The zero-order valence-electron chi connectivity index (χ0n) is 9.82. The van der Waals surface area contributed by atoms with E-state index in [0.29, 0.717) is 5.92 Å². The number of ether oxygens (including phenoxy) is 2. The fourth-order valence-electron chi connectivity index (χ4n) is 1.46. The molecular formula is C12H21NO2. The highest BCUT2D eigenvalue weighted by Gasteiger charge is 2.18. The van der Waals surface area contributed by atoms with Crippen LogP contribution in [-0.4, -0.2) is 19.8 Å². The van der Waals surface area contributed by atoms with E-state index in [-0.39, 0.29) is 6.10 Å². The summed E-state index contributed by atoms with van der Waals surface area (Å²) >= 11 is 0. The maximum absolute atomic E-state index is 5.75. The second-order valence-corrected chi connectivity index (χ2v) is 4.23. The van der Waals surface area contributed by atoms with Crippen LogP contribution in [0.4, 0.5) is 0 Å². The van der Waals surface area contributed by atoms with Crippen LogP contribution >= 0.6 is 0 Å². The third kappa shape index (κ3) is 3.96. The highest BCUT2D eigenvalue weighted by atomic mass is 16.5. The number of allylic oxidation sites excluding steroid dienone is 1. The highest BCUT2D eigenvalue weighted by Crippen LogP contribution is 2.19. The Labute approximate surface area is 91.9 Å². The second-order valence-electron chi connectivity index (χ2n) is 4.23. The van der Waals surface area contributed by atoms with Crippen molar-refractivity contribution in [2.45, 2.75) is 32.8 Å². The average molecular weight is 211 g/mol. The number of methoxy groups -OCH3 is 1. The molecule has 15 heavy (non-hydrogen) atoms. The van der Waals surface area contributed by atoms with Gasteiger partial charge in [0.15, 0.2) is 0 Å². The van der Waals surface area contributed by atoms with Gasteiger partial charge in [0.05, 0.1) is 7.11 Å². The van der Waals surface area contributed by atoms with E-state index in [1.165, 1.54) is 0 Å². The Morgan fingerprint density at radius 1 is 1.53 bits per heavy atom. The van der Waals surface area contributed by atoms with Crippen molar-refractivity contribution >= 4 is 0 Å². The first-order chi connectivity index (χ1) is 7.13. The topological polar surface area (TPSA) is 44.5 Å². The fourth-order valence-corrected chi connectivity index (χ4v) is 1.46. The van der Waals surface area contributed by atoms with E-state index >= 15 is 0 Å². The van der Waals surface area contributed by atoms with Gasteiger partial charge in [0, 0.05) is 24.8 Å². The molecule has 0 saturated carbocycles. The Kier molecular flexibility index (Phi) is 4.69. The van der Waals surface area contributed by atoms with Gasteiger partial charge in [-0.25, -0.2) is 0 Å². The van der Waals surface area contributed by atoms with Gasteiger partial charge in [-0.1, -0.05) is 19.9 Å². The zero-order chi connectivity index (χ0) is 11.3. The van der Waals surface area contributed by atoms with E-state index in [9.17, 15) is 0 Å².